The van der Waals surface area contributed by atoms with Crippen molar-refractivity contribution in [2.24, 2.45) is 5.92 Å². The molecule has 2 rings (SSSR count). The van der Waals surface area contributed by atoms with Crippen LogP contribution in [0, 0.1) is 26.7 Å². The fourth-order valence-electron chi connectivity index (χ4n) is 3.42. The molecular weight excluding hydrogens is 344 g/mol. The molecule has 1 aromatic rings. The van der Waals surface area contributed by atoms with Gasteiger partial charge in [-0.05, 0) is 57.2 Å². The average molecular weight is 376 g/mol. The largest absolute Gasteiger partial charge is 0.483 e. The summed E-state index contributed by atoms with van der Waals surface area (Å²) in [7, 11) is 1.62. The fraction of sp³-hybridized carbons (Fsp3) is 0.619. The number of methoxy groups -OCH3 is 1. The van der Waals surface area contributed by atoms with E-state index in [0.717, 1.165) is 22.4 Å². The lowest BCUT2D eigenvalue weighted by Crippen LogP contribution is -2.46. The highest BCUT2D eigenvalue weighted by atomic mass is 16.5. The number of ether oxygens (including phenoxy) is 2. The van der Waals surface area contributed by atoms with Crippen LogP contribution in [0.3, 0.4) is 0 Å². The lowest BCUT2D eigenvalue weighted by atomic mass is 9.95. The predicted molar refractivity (Wildman–Crippen MR) is 105 cm³/mol. The van der Waals surface area contributed by atoms with Crippen molar-refractivity contribution in [1.29, 1.82) is 0 Å². The third kappa shape index (κ3) is 5.70. The quantitative estimate of drug-likeness (QED) is 0.793. The summed E-state index contributed by atoms with van der Waals surface area (Å²) in [5.41, 5.74) is 3.26. The number of carbonyl (C=O) groups excluding carboxylic acids is 2. The Morgan fingerprint density at radius 1 is 1.19 bits per heavy atom. The zero-order valence-corrected chi connectivity index (χ0v) is 17.1. The Labute approximate surface area is 162 Å². The Kier molecular flexibility index (Phi) is 7.66. The monoisotopic (exact) mass is 376 g/mol. The molecule has 0 saturated carbocycles. The van der Waals surface area contributed by atoms with Crippen molar-refractivity contribution >= 4 is 11.8 Å². The first kappa shape index (κ1) is 21.2. The standard InChI is InChI=1S/C21H32N2O4/c1-14-6-7-15(2)20(17(14)4)27-13-19(24)23-10-8-18(9-11-23)21(25)22-16(3)12-26-5/h6-7,16,18H,8-13H2,1-5H3,(H,22,25)/t16-/m1/s1. The first-order valence-electron chi connectivity index (χ1n) is 9.60. The second kappa shape index (κ2) is 9.74. The van der Waals surface area contributed by atoms with E-state index in [2.05, 4.69) is 11.4 Å². The van der Waals surface area contributed by atoms with Crippen molar-refractivity contribution in [3.63, 3.8) is 0 Å². The summed E-state index contributed by atoms with van der Waals surface area (Å²) in [5, 5.41) is 2.97. The van der Waals surface area contributed by atoms with Gasteiger partial charge in [0, 0.05) is 32.2 Å². The molecule has 27 heavy (non-hydrogen) atoms. The minimum atomic E-state index is -0.0458. The molecule has 0 bridgehead atoms. The molecule has 0 aliphatic carbocycles. The topological polar surface area (TPSA) is 67.9 Å². The SMILES string of the molecule is COC[C@@H](C)NC(=O)C1CCN(C(=O)COc2c(C)ccc(C)c2C)CC1. The summed E-state index contributed by atoms with van der Waals surface area (Å²) in [4.78, 5) is 26.6. The van der Waals surface area contributed by atoms with E-state index in [1.807, 2.05) is 33.8 Å². The van der Waals surface area contributed by atoms with Crippen molar-refractivity contribution in [3.05, 3.63) is 28.8 Å². The van der Waals surface area contributed by atoms with Gasteiger partial charge < -0.3 is 19.7 Å². The van der Waals surface area contributed by atoms with Gasteiger partial charge in [-0.2, -0.15) is 0 Å². The summed E-state index contributed by atoms with van der Waals surface area (Å²) < 4.78 is 10.9. The van der Waals surface area contributed by atoms with Gasteiger partial charge in [0.15, 0.2) is 6.61 Å². The van der Waals surface area contributed by atoms with Gasteiger partial charge in [-0.3, -0.25) is 9.59 Å². The maximum Gasteiger partial charge on any atom is 0.260 e. The number of aryl methyl sites for hydroxylation is 2. The lowest BCUT2D eigenvalue weighted by molar-refractivity contribution is -0.137. The normalized spacial score (nSPS) is 16.1. The van der Waals surface area contributed by atoms with Crippen LogP contribution in [0.25, 0.3) is 0 Å². The summed E-state index contributed by atoms with van der Waals surface area (Å²) in [5.74, 6) is 0.774. The molecule has 6 heteroatoms. The van der Waals surface area contributed by atoms with Crippen molar-refractivity contribution in [2.75, 3.05) is 33.4 Å². The van der Waals surface area contributed by atoms with E-state index in [1.54, 1.807) is 12.0 Å². The molecular formula is C21H32N2O4. The van der Waals surface area contributed by atoms with Crippen molar-refractivity contribution in [3.8, 4) is 5.75 Å². The number of benzene rings is 1. The first-order valence-corrected chi connectivity index (χ1v) is 9.60. The molecule has 0 radical (unpaired) electrons. The molecule has 0 unspecified atom stereocenters. The van der Waals surface area contributed by atoms with Gasteiger partial charge in [-0.25, -0.2) is 0 Å². The van der Waals surface area contributed by atoms with Gasteiger partial charge in [0.05, 0.1) is 6.61 Å². The molecule has 0 aromatic heterocycles. The van der Waals surface area contributed by atoms with E-state index in [0.29, 0.717) is 32.5 Å². The zero-order chi connectivity index (χ0) is 20.0. The Morgan fingerprint density at radius 2 is 1.81 bits per heavy atom. The molecule has 1 heterocycles. The van der Waals surface area contributed by atoms with Gasteiger partial charge in [0.25, 0.3) is 5.91 Å². The van der Waals surface area contributed by atoms with Gasteiger partial charge in [0.2, 0.25) is 5.91 Å². The van der Waals surface area contributed by atoms with E-state index in [1.165, 1.54) is 0 Å². The van der Waals surface area contributed by atoms with Crippen molar-refractivity contribution in [1.82, 2.24) is 10.2 Å². The number of likely N-dealkylation sites (tertiary alicyclic amines) is 1. The molecule has 1 saturated heterocycles. The van der Waals surface area contributed by atoms with E-state index >= 15 is 0 Å². The Hall–Kier alpha value is -2.08. The molecule has 0 spiro atoms. The zero-order valence-electron chi connectivity index (χ0n) is 17.1. The molecule has 1 atom stereocenters. The maximum absolute atomic E-state index is 12.5. The third-order valence-corrected chi connectivity index (χ3v) is 5.24. The number of carbonyl (C=O) groups is 2. The van der Waals surface area contributed by atoms with Crippen LogP contribution in [0.1, 0.15) is 36.5 Å². The van der Waals surface area contributed by atoms with Gasteiger partial charge >= 0.3 is 0 Å². The molecule has 1 aromatic carbocycles. The molecule has 150 valence electrons. The van der Waals surface area contributed by atoms with E-state index in [4.69, 9.17) is 9.47 Å². The molecule has 1 fully saturated rings. The number of nitrogens with one attached hydrogen (secondary N) is 1. The number of hydrogen-bond donors (Lipinski definition) is 1. The third-order valence-electron chi connectivity index (χ3n) is 5.24. The second-order valence-corrected chi connectivity index (χ2v) is 7.46. The van der Waals surface area contributed by atoms with Crippen LogP contribution >= 0.6 is 0 Å². The summed E-state index contributed by atoms with van der Waals surface area (Å²) >= 11 is 0. The first-order chi connectivity index (χ1) is 12.8. The van der Waals surface area contributed by atoms with Crippen LogP contribution in [0.2, 0.25) is 0 Å². The highest BCUT2D eigenvalue weighted by Gasteiger charge is 2.28. The van der Waals surface area contributed by atoms with E-state index < -0.39 is 0 Å². The predicted octanol–water partition coefficient (Wildman–Crippen LogP) is 2.38. The van der Waals surface area contributed by atoms with Crippen molar-refractivity contribution < 1.29 is 19.1 Å². The van der Waals surface area contributed by atoms with E-state index in [9.17, 15) is 9.59 Å². The average Bonchev–Trinajstić information content (AvgIpc) is 2.65. The Morgan fingerprint density at radius 3 is 2.44 bits per heavy atom. The molecule has 1 aliphatic heterocycles. The molecule has 6 nitrogen and oxygen atoms in total. The smallest absolute Gasteiger partial charge is 0.260 e. The number of rotatable bonds is 7. The van der Waals surface area contributed by atoms with Crippen LogP contribution in [0.4, 0.5) is 0 Å². The molecule has 1 N–H and O–H groups in total. The fourth-order valence-corrected chi connectivity index (χ4v) is 3.42. The number of piperidine rings is 1. The summed E-state index contributed by atoms with van der Waals surface area (Å²) in [6.45, 7) is 9.66. The highest BCUT2D eigenvalue weighted by molar-refractivity contribution is 5.80. The van der Waals surface area contributed by atoms with Gasteiger partial charge in [-0.15, -0.1) is 0 Å². The summed E-state index contributed by atoms with van der Waals surface area (Å²) in [6.07, 6.45) is 1.36. The highest BCUT2D eigenvalue weighted by Crippen LogP contribution is 2.26. The van der Waals surface area contributed by atoms with Gasteiger partial charge in [0.1, 0.15) is 5.75 Å². The number of amides is 2. The van der Waals surface area contributed by atoms with Crippen LogP contribution in [-0.2, 0) is 14.3 Å². The maximum atomic E-state index is 12.5. The minimum absolute atomic E-state index is 0.00336. The van der Waals surface area contributed by atoms with Crippen LogP contribution in [0.5, 0.6) is 5.75 Å². The number of nitrogens with zero attached hydrogens (tertiary/aromatic N) is 1. The van der Waals surface area contributed by atoms with Crippen LogP contribution < -0.4 is 10.1 Å². The molecule has 1 aliphatic rings. The second-order valence-electron chi connectivity index (χ2n) is 7.46. The summed E-state index contributed by atoms with van der Waals surface area (Å²) in [6, 6.07) is 4.07. The Bertz CT molecular complexity index is 666. The van der Waals surface area contributed by atoms with Gasteiger partial charge in [-0.1, -0.05) is 12.1 Å². The van der Waals surface area contributed by atoms with Crippen LogP contribution in [-0.4, -0.2) is 56.2 Å². The number of hydrogen-bond acceptors (Lipinski definition) is 4. The van der Waals surface area contributed by atoms with E-state index in [-0.39, 0.29) is 30.4 Å². The lowest BCUT2D eigenvalue weighted by Gasteiger charge is -2.32. The Balaban J connectivity index is 1.82. The minimum Gasteiger partial charge on any atom is -0.483 e. The van der Waals surface area contributed by atoms with Crippen molar-refractivity contribution in [2.45, 2.75) is 46.6 Å². The van der Waals surface area contributed by atoms with Crippen LogP contribution in [0.15, 0.2) is 12.1 Å². The molecule has 2 amide bonds.